The van der Waals surface area contributed by atoms with Gasteiger partial charge in [-0.3, -0.25) is 0 Å². The van der Waals surface area contributed by atoms with Crippen molar-refractivity contribution in [2.24, 2.45) is 0 Å². The molecular weight excluding hydrogens is 490 g/mol. The number of unbranched alkanes of at least 4 members (excludes halogenated alkanes) is 6. The third kappa shape index (κ3) is 6.92. The Hall–Kier alpha value is 0.1000. The van der Waals surface area contributed by atoms with Crippen molar-refractivity contribution < 1.29 is 39.5 Å². The Balaban J connectivity index is 5.01. The molecule has 0 bridgehead atoms. The Kier molecular flexibility index (Phi) is 9.57. The molecule has 0 spiro atoms. The molecule has 0 saturated carbocycles. The summed E-state index contributed by atoms with van der Waals surface area (Å²) in [4.78, 5) is 0. The lowest BCUT2D eigenvalue weighted by atomic mass is 9.84. The second-order valence-corrected chi connectivity index (χ2v) is 9.44. The molecule has 2 unspecified atom stereocenters. The first kappa shape index (κ1) is 26.1. The molecule has 0 amide bonds. The maximum Gasteiger partial charge on any atom is 0.457 e. The zero-order chi connectivity index (χ0) is 20.9. The lowest BCUT2D eigenvalue weighted by molar-refractivity contribution is -0.385. The van der Waals surface area contributed by atoms with Gasteiger partial charge in [-0.1, -0.05) is 81.4 Å². The first-order chi connectivity index (χ1) is 11.5. The largest absolute Gasteiger partial charge is 0.457 e. The van der Waals surface area contributed by atoms with E-state index in [4.69, 9.17) is 0 Å². The molecule has 158 valence electrons. The highest BCUT2D eigenvalue weighted by Gasteiger charge is 2.81. The van der Waals surface area contributed by atoms with Gasteiger partial charge in [-0.15, -0.1) is 0 Å². The summed E-state index contributed by atoms with van der Waals surface area (Å²) in [5.41, 5.74) is -5.67. The Morgan fingerprint density at radius 1 is 0.654 bits per heavy atom. The Labute approximate surface area is 161 Å². The van der Waals surface area contributed by atoms with Gasteiger partial charge in [0.25, 0.3) is 5.67 Å². The number of halogens is 10. The topological polar surface area (TPSA) is 0 Å². The Morgan fingerprint density at radius 2 is 1.08 bits per heavy atom. The molecule has 0 radical (unpaired) electrons. The summed E-state index contributed by atoms with van der Waals surface area (Å²) in [6.07, 6.45) is -9.33. The van der Waals surface area contributed by atoms with Gasteiger partial charge in [-0.05, 0) is 6.42 Å². The number of hydrogen-bond acceptors (Lipinski definition) is 0. The second-order valence-electron chi connectivity index (χ2n) is 6.83. The van der Waals surface area contributed by atoms with Crippen molar-refractivity contribution in [1.82, 2.24) is 0 Å². The summed E-state index contributed by atoms with van der Waals surface area (Å²) in [6.45, 7) is 3.10. The van der Waals surface area contributed by atoms with Crippen molar-refractivity contribution in [2.75, 3.05) is 0 Å². The van der Waals surface area contributed by atoms with Crippen molar-refractivity contribution in [1.29, 1.82) is 0 Å². The first-order valence-corrected chi connectivity index (χ1v) is 9.49. The van der Waals surface area contributed by atoms with Gasteiger partial charge in [0.05, 0.1) is 0 Å². The maximum atomic E-state index is 14.2. The van der Waals surface area contributed by atoms with Crippen LogP contribution in [0, 0.1) is 0 Å². The average molecular weight is 514 g/mol. The summed E-state index contributed by atoms with van der Waals surface area (Å²) in [5, 5.41) is 0. The highest BCUT2D eigenvalue weighted by atomic mass is 127. The number of rotatable bonds is 11. The zero-order valence-electron chi connectivity index (χ0n) is 14.6. The summed E-state index contributed by atoms with van der Waals surface area (Å²) in [5.74, 6) is -6.52. The zero-order valence-corrected chi connectivity index (χ0v) is 16.8. The molecule has 0 rings (SSSR count). The molecule has 0 saturated heterocycles. The fourth-order valence-corrected chi connectivity index (χ4v) is 3.57. The van der Waals surface area contributed by atoms with Crippen LogP contribution in [0.2, 0.25) is 0 Å². The molecule has 10 heteroatoms. The van der Waals surface area contributed by atoms with Gasteiger partial charge in [-0.25, -0.2) is 4.39 Å². The van der Waals surface area contributed by atoms with Crippen LogP contribution in [0.4, 0.5) is 39.5 Å². The summed E-state index contributed by atoms with van der Waals surface area (Å²) in [7, 11) is 0. The molecule has 0 aliphatic heterocycles. The van der Waals surface area contributed by atoms with Crippen LogP contribution in [-0.4, -0.2) is 27.4 Å². The van der Waals surface area contributed by atoms with E-state index in [0.29, 0.717) is 12.8 Å². The van der Waals surface area contributed by atoms with E-state index in [1.165, 1.54) is 22.6 Å². The van der Waals surface area contributed by atoms with Crippen LogP contribution in [0.25, 0.3) is 0 Å². The van der Waals surface area contributed by atoms with Crippen LogP contribution in [0.3, 0.4) is 0 Å². The van der Waals surface area contributed by atoms with Crippen LogP contribution in [0.15, 0.2) is 0 Å². The van der Waals surface area contributed by atoms with E-state index >= 15 is 0 Å². The highest BCUT2D eigenvalue weighted by Crippen LogP contribution is 2.57. The van der Waals surface area contributed by atoms with E-state index in [1.54, 1.807) is 0 Å². The molecule has 2 atom stereocenters. The van der Waals surface area contributed by atoms with Crippen LogP contribution in [0.1, 0.15) is 71.6 Å². The highest BCUT2D eigenvalue weighted by molar-refractivity contribution is 14.1. The number of hydrogen-bond donors (Lipinski definition) is 0. The second kappa shape index (κ2) is 9.54. The molecule has 0 aromatic rings. The first-order valence-electron chi connectivity index (χ1n) is 8.41. The SMILES string of the molecule is CCCCCCCCCC(C)(I)CC(F)(C(F)(F)F)C(F)(F)C(F)(F)F. The predicted octanol–water partition coefficient (Wildman–Crippen LogP) is 8.18. The molecule has 0 N–H and O–H groups in total. The standard InChI is InChI=1S/C16H24F9I/c1-3-4-5-6-7-8-9-10-12(2,26)11-13(17,15(20,21)22)14(18,19)16(23,24)25/h3-11H2,1-2H3. The number of alkyl halides is 10. The molecular formula is C16H24F9I. The van der Waals surface area contributed by atoms with Gasteiger partial charge in [0.15, 0.2) is 0 Å². The third-order valence-corrected chi connectivity index (χ3v) is 5.14. The minimum Gasteiger partial charge on any atom is -0.227 e. The van der Waals surface area contributed by atoms with E-state index < -0.39 is 33.8 Å². The summed E-state index contributed by atoms with van der Waals surface area (Å²) < 4.78 is 115. The van der Waals surface area contributed by atoms with Crippen molar-refractivity contribution in [3.8, 4) is 0 Å². The van der Waals surface area contributed by atoms with Gasteiger partial charge in [0.1, 0.15) is 0 Å². The van der Waals surface area contributed by atoms with E-state index in [2.05, 4.69) is 0 Å². The third-order valence-electron chi connectivity index (χ3n) is 4.22. The molecule has 0 nitrogen and oxygen atoms in total. The fraction of sp³-hybridized carbons (Fsp3) is 1.00. The van der Waals surface area contributed by atoms with E-state index in [1.807, 2.05) is 6.92 Å². The monoisotopic (exact) mass is 514 g/mol. The van der Waals surface area contributed by atoms with Gasteiger partial charge < -0.3 is 0 Å². The van der Waals surface area contributed by atoms with E-state index in [0.717, 1.165) is 39.0 Å². The Bertz CT molecular complexity index is 415. The molecule has 0 aliphatic rings. The molecule has 0 aromatic heterocycles. The smallest absolute Gasteiger partial charge is 0.227 e. The lowest BCUT2D eigenvalue weighted by Gasteiger charge is -2.39. The van der Waals surface area contributed by atoms with Crippen molar-refractivity contribution in [3.05, 3.63) is 0 Å². The van der Waals surface area contributed by atoms with Crippen molar-refractivity contribution in [3.63, 3.8) is 0 Å². The average Bonchev–Trinajstić information content (AvgIpc) is 2.43. The van der Waals surface area contributed by atoms with Gasteiger partial charge >= 0.3 is 18.3 Å². The van der Waals surface area contributed by atoms with Gasteiger partial charge in [-0.2, -0.15) is 35.1 Å². The van der Waals surface area contributed by atoms with E-state index in [-0.39, 0.29) is 6.42 Å². The maximum absolute atomic E-state index is 14.2. The van der Waals surface area contributed by atoms with Gasteiger partial charge in [0.2, 0.25) is 0 Å². The van der Waals surface area contributed by atoms with Crippen LogP contribution in [-0.2, 0) is 0 Å². The van der Waals surface area contributed by atoms with Crippen LogP contribution in [0.5, 0.6) is 0 Å². The van der Waals surface area contributed by atoms with Crippen LogP contribution >= 0.6 is 22.6 Å². The van der Waals surface area contributed by atoms with E-state index in [9.17, 15) is 39.5 Å². The van der Waals surface area contributed by atoms with Crippen molar-refractivity contribution >= 4 is 22.6 Å². The minimum atomic E-state index is -6.64. The molecule has 0 heterocycles. The predicted molar refractivity (Wildman–Crippen MR) is 90.5 cm³/mol. The quantitative estimate of drug-likeness (QED) is 0.113. The fourth-order valence-electron chi connectivity index (χ4n) is 2.66. The summed E-state index contributed by atoms with van der Waals surface area (Å²) in [6, 6.07) is 0. The van der Waals surface area contributed by atoms with Gasteiger partial charge in [0, 0.05) is 9.84 Å². The minimum absolute atomic E-state index is 0.0863. The van der Waals surface area contributed by atoms with Crippen molar-refractivity contribution in [2.45, 2.75) is 99.0 Å². The van der Waals surface area contributed by atoms with Crippen LogP contribution < -0.4 is 0 Å². The molecule has 0 aromatic carbocycles. The Morgan fingerprint density at radius 3 is 1.46 bits per heavy atom. The lowest BCUT2D eigenvalue weighted by Crippen LogP contribution is -2.63. The summed E-state index contributed by atoms with van der Waals surface area (Å²) >= 11 is 1.34. The molecule has 0 aliphatic carbocycles. The molecule has 0 fully saturated rings. The normalized spacial score (nSPS) is 18.5. The molecule has 26 heavy (non-hydrogen) atoms.